The molecule has 0 amide bonds. The summed E-state index contributed by atoms with van der Waals surface area (Å²) in [4.78, 5) is 7.36. The van der Waals surface area contributed by atoms with Crippen LogP contribution in [0.2, 0.25) is 0 Å². The predicted molar refractivity (Wildman–Crippen MR) is 88.5 cm³/mol. The van der Waals surface area contributed by atoms with Gasteiger partial charge in [0.2, 0.25) is 0 Å². The number of aromatic nitrogens is 1. The quantitative estimate of drug-likeness (QED) is 0.828. The highest BCUT2D eigenvalue weighted by molar-refractivity contribution is 5.48. The molecule has 2 aliphatic rings. The van der Waals surface area contributed by atoms with E-state index in [-0.39, 0.29) is 0 Å². The molecule has 0 spiro atoms. The largest absolute Gasteiger partial charge is 0.353 e. The molecule has 2 aliphatic carbocycles. The number of nitrogens with zero attached hydrogens (tertiary/aromatic N) is 2. The van der Waals surface area contributed by atoms with E-state index in [1.54, 1.807) is 0 Å². The van der Waals surface area contributed by atoms with E-state index in [9.17, 15) is 0 Å². The van der Waals surface area contributed by atoms with Crippen LogP contribution in [-0.4, -0.2) is 23.6 Å². The van der Waals surface area contributed by atoms with E-state index < -0.39 is 0 Å². The van der Waals surface area contributed by atoms with Crippen molar-refractivity contribution < 1.29 is 0 Å². The van der Waals surface area contributed by atoms with Gasteiger partial charge in [0.1, 0.15) is 5.82 Å². The van der Waals surface area contributed by atoms with Crippen LogP contribution in [0.5, 0.6) is 0 Å². The lowest BCUT2D eigenvalue weighted by atomic mass is 10.1. The predicted octanol–water partition coefficient (Wildman–Crippen LogP) is 3.74. The lowest BCUT2D eigenvalue weighted by Gasteiger charge is -2.33. The lowest BCUT2D eigenvalue weighted by molar-refractivity contribution is 0.528. The summed E-state index contributed by atoms with van der Waals surface area (Å²) in [6.45, 7) is 6.72. The molecule has 1 aromatic rings. The summed E-state index contributed by atoms with van der Waals surface area (Å²) in [5.41, 5.74) is 1.37. The molecule has 0 unspecified atom stereocenters. The monoisotopic (exact) mass is 287 g/mol. The smallest absolute Gasteiger partial charge is 0.133 e. The first kappa shape index (κ1) is 14.8. The van der Waals surface area contributed by atoms with Crippen LogP contribution in [-0.2, 0) is 6.54 Å². The molecule has 3 heteroatoms. The molecule has 0 aliphatic heterocycles. The third-order valence-corrected chi connectivity index (χ3v) is 4.63. The van der Waals surface area contributed by atoms with Crippen molar-refractivity contribution >= 4 is 5.82 Å². The number of pyridine rings is 1. The van der Waals surface area contributed by atoms with Gasteiger partial charge in [0.15, 0.2) is 0 Å². The number of hydrogen-bond acceptors (Lipinski definition) is 3. The van der Waals surface area contributed by atoms with Crippen molar-refractivity contribution in [3.05, 3.63) is 23.9 Å². The van der Waals surface area contributed by atoms with Crippen LogP contribution in [0.4, 0.5) is 5.82 Å². The summed E-state index contributed by atoms with van der Waals surface area (Å²) in [5, 5.41) is 3.65. The Balaban J connectivity index is 1.78. The molecule has 21 heavy (non-hydrogen) atoms. The molecule has 3 nitrogen and oxygen atoms in total. The molecule has 0 bridgehead atoms. The third kappa shape index (κ3) is 3.97. The Hall–Kier alpha value is -1.09. The van der Waals surface area contributed by atoms with Crippen molar-refractivity contribution in [1.82, 2.24) is 10.3 Å². The number of nitrogens with one attached hydrogen (secondary N) is 1. The Morgan fingerprint density at radius 3 is 2.67 bits per heavy atom. The highest BCUT2D eigenvalue weighted by atomic mass is 15.2. The van der Waals surface area contributed by atoms with E-state index in [0.717, 1.165) is 19.1 Å². The lowest BCUT2D eigenvalue weighted by Crippen LogP contribution is -2.38. The molecule has 0 saturated heterocycles. The Morgan fingerprint density at radius 1 is 1.24 bits per heavy atom. The average molecular weight is 287 g/mol. The van der Waals surface area contributed by atoms with Gasteiger partial charge in [-0.3, -0.25) is 0 Å². The summed E-state index contributed by atoms with van der Waals surface area (Å²) in [6.07, 6.45) is 10.1. The van der Waals surface area contributed by atoms with Crippen LogP contribution in [0.15, 0.2) is 18.3 Å². The normalized spacial score (nSPS) is 19.4. The van der Waals surface area contributed by atoms with Crippen molar-refractivity contribution in [3.8, 4) is 0 Å². The van der Waals surface area contributed by atoms with Gasteiger partial charge in [-0.1, -0.05) is 32.8 Å². The Morgan fingerprint density at radius 2 is 2.00 bits per heavy atom. The summed E-state index contributed by atoms with van der Waals surface area (Å²) >= 11 is 0. The number of hydrogen-bond donors (Lipinski definition) is 1. The van der Waals surface area contributed by atoms with Crippen LogP contribution in [0.3, 0.4) is 0 Å². The second-order valence-corrected chi connectivity index (χ2v) is 7.13. The fraction of sp³-hybridized carbons (Fsp3) is 0.722. The zero-order chi connectivity index (χ0) is 14.7. The summed E-state index contributed by atoms with van der Waals surface area (Å²) in [5.74, 6) is 1.91. The second-order valence-electron chi connectivity index (χ2n) is 7.13. The minimum absolute atomic E-state index is 0.678. The Labute approximate surface area is 129 Å². The van der Waals surface area contributed by atoms with Crippen LogP contribution < -0.4 is 10.2 Å². The first-order valence-electron chi connectivity index (χ1n) is 8.68. The van der Waals surface area contributed by atoms with Gasteiger partial charge >= 0.3 is 0 Å². The van der Waals surface area contributed by atoms with E-state index >= 15 is 0 Å². The van der Waals surface area contributed by atoms with Gasteiger partial charge in [-0.25, -0.2) is 4.98 Å². The zero-order valence-corrected chi connectivity index (χ0v) is 13.5. The van der Waals surface area contributed by atoms with E-state index in [1.807, 2.05) is 6.20 Å². The van der Waals surface area contributed by atoms with Gasteiger partial charge in [0.25, 0.3) is 0 Å². The van der Waals surface area contributed by atoms with Crippen LogP contribution in [0.1, 0.15) is 57.9 Å². The van der Waals surface area contributed by atoms with E-state index in [4.69, 9.17) is 4.98 Å². The van der Waals surface area contributed by atoms with Gasteiger partial charge in [0.05, 0.1) is 0 Å². The van der Waals surface area contributed by atoms with Gasteiger partial charge in [-0.05, 0) is 37.7 Å². The minimum atomic E-state index is 0.678. The van der Waals surface area contributed by atoms with E-state index in [0.29, 0.717) is 12.0 Å². The van der Waals surface area contributed by atoms with E-state index in [1.165, 1.54) is 49.9 Å². The standard InChI is InChI=1S/C18H29N3/c1-14(2)13-21(17-7-3-4-8-17)18-15(6-5-11-19-18)12-20-16-9-10-16/h5-6,11,14,16-17,20H,3-4,7-10,12-13H2,1-2H3. The maximum absolute atomic E-state index is 4.76. The van der Waals surface area contributed by atoms with E-state index in [2.05, 4.69) is 36.2 Å². The maximum atomic E-state index is 4.76. The van der Waals surface area contributed by atoms with Gasteiger partial charge < -0.3 is 10.2 Å². The average Bonchev–Trinajstić information content (AvgIpc) is 3.15. The second kappa shape index (κ2) is 6.78. The fourth-order valence-electron chi connectivity index (χ4n) is 3.39. The number of rotatable bonds is 7. The van der Waals surface area contributed by atoms with Gasteiger partial charge in [-0.15, -0.1) is 0 Å². The van der Waals surface area contributed by atoms with Crippen molar-refractivity contribution in [1.29, 1.82) is 0 Å². The molecule has 2 saturated carbocycles. The van der Waals surface area contributed by atoms with Gasteiger partial charge in [0, 0.05) is 36.9 Å². The van der Waals surface area contributed by atoms with Crippen molar-refractivity contribution in [2.45, 2.75) is 71.0 Å². The van der Waals surface area contributed by atoms with Crippen molar-refractivity contribution in [2.24, 2.45) is 5.92 Å². The molecule has 116 valence electrons. The van der Waals surface area contributed by atoms with Crippen LogP contribution in [0, 0.1) is 5.92 Å². The topological polar surface area (TPSA) is 28.2 Å². The molecule has 0 atom stereocenters. The fourth-order valence-corrected chi connectivity index (χ4v) is 3.39. The molecular weight excluding hydrogens is 258 g/mol. The first-order chi connectivity index (χ1) is 10.2. The zero-order valence-electron chi connectivity index (χ0n) is 13.5. The van der Waals surface area contributed by atoms with Crippen LogP contribution in [0.25, 0.3) is 0 Å². The SMILES string of the molecule is CC(C)CN(c1ncccc1CNC1CC1)C1CCCC1. The molecular formula is C18H29N3. The molecule has 0 aromatic carbocycles. The highest BCUT2D eigenvalue weighted by Crippen LogP contribution is 2.30. The highest BCUT2D eigenvalue weighted by Gasteiger charge is 2.26. The maximum Gasteiger partial charge on any atom is 0.133 e. The minimum Gasteiger partial charge on any atom is -0.353 e. The third-order valence-electron chi connectivity index (χ3n) is 4.63. The Kier molecular flexibility index (Phi) is 4.79. The number of anilines is 1. The molecule has 1 heterocycles. The molecule has 2 fully saturated rings. The van der Waals surface area contributed by atoms with Gasteiger partial charge in [-0.2, -0.15) is 0 Å². The molecule has 1 aromatic heterocycles. The Bertz CT molecular complexity index is 448. The molecule has 0 radical (unpaired) electrons. The summed E-state index contributed by atoms with van der Waals surface area (Å²) in [7, 11) is 0. The van der Waals surface area contributed by atoms with Crippen molar-refractivity contribution in [2.75, 3.05) is 11.4 Å². The molecule has 1 N–H and O–H groups in total. The summed E-state index contributed by atoms with van der Waals surface area (Å²) < 4.78 is 0. The first-order valence-corrected chi connectivity index (χ1v) is 8.68. The van der Waals surface area contributed by atoms with Crippen LogP contribution >= 0.6 is 0 Å². The molecule has 3 rings (SSSR count). The van der Waals surface area contributed by atoms with Crippen molar-refractivity contribution in [3.63, 3.8) is 0 Å². The summed E-state index contributed by atoms with van der Waals surface area (Å²) in [6, 6.07) is 5.78.